The van der Waals surface area contributed by atoms with E-state index in [2.05, 4.69) is 16.5 Å². The smallest absolute Gasteiger partial charge is 0.191 e. The van der Waals surface area contributed by atoms with Gasteiger partial charge in [0.25, 0.3) is 0 Å². The van der Waals surface area contributed by atoms with E-state index in [9.17, 15) is 0 Å². The zero-order valence-electron chi connectivity index (χ0n) is 11.2. The van der Waals surface area contributed by atoms with Crippen LogP contribution in [0.25, 0.3) is 10.7 Å². The van der Waals surface area contributed by atoms with E-state index in [0.29, 0.717) is 11.8 Å². The highest BCUT2D eigenvalue weighted by Gasteiger charge is 2.29. The summed E-state index contributed by atoms with van der Waals surface area (Å²) in [6, 6.07) is 4.12. The fourth-order valence-electron chi connectivity index (χ4n) is 3.06. The van der Waals surface area contributed by atoms with Gasteiger partial charge in [-0.15, -0.1) is 11.3 Å². The first kappa shape index (κ1) is 12.8. The highest BCUT2D eigenvalue weighted by molar-refractivity contribution is 7.13. The van der Waals surface area contributed by atoms with Gasteiger partial charge in [-0.1, -0.05) is 18.9 Å². The third-order valence-electron chi connectivity index (χ3n) is 4.08. The van der Waals surface area contributed by atoms with Gasteiger partial charge in [0.15, 0.2) is 5.82 Å². The van der Waals surface area contributed by atoms with Gasteiger partial charge < -0.3 is 5.73 Å². The number of rotatable bonds is 3. The van der Waals surface area contributed by atoms with Crippen LogP contribution in [-0.4, -0.2) is 21.3 Å². The van der Waals surface area contributed by atoms with Gasteiger partial charge in [-0.25, -0.2) is 4.98 Å². The molecule has 1 aliphatic carbocycles. The molecule has 2 aromatic rings. The molecule has 0 amide bonds. The molecule has 102 valence electrons. The van der Waals surface area contributed by atoms with E-state index in [1.54, 1.807) is 11.3 Å². The standard InChI is InChI=1S/C14H20N4S/c1-18-14(11-6-3-2-5-10(11)9-15)16-13(17-18)12-7-4-8-19-12/h4,7-8,10-11H,2-3,5-6,9,15H2,1H3. The van der Waals surface area contributed by atoms with Crippen LogP contribution in [0.4, 0.5) is 0 Å². The minimum Gasteiger partial charge on any atom is -0.330 e. The average Bonchev–Trinajstić information content (AvgIpc) is 3.07. The van der Waals surface area contributed by atoms with Gasteiger partial charge in [-0.05, 0) is 36.8 Å². The number of nitrogens with two attached hydrogens (primary N) is 1. The van der Waals surface area contributed by atoms with Crippen molar-refractivity contribution in [2.75, 3.05) is 6.54 Å². The monoisotopic (exact) mass is 276 g/mol. The van der Waals surface area contributed by atoms with Crippen LogP contribution in [0, 0.1) is 5.92 Å². The molecule has 2 N–H and O–H groups in total. The summed E-state index contributed by atoms with van der Waals surface area (Å²) in [6.07, 6.45) is 5.00. The molecule has 2 aromatic heterocycles. The second kappa shape index (κ2) is 5.43. The SMILES string of the molecule is Cn1nc(-c2cccs2)nc1C1CCCCC1CN. The van der Waals surface area contributed by atoms with Crippen LogP contribution >= 0.6 is 11.3 Å². The van der Waals surface area contributed by atoms with Crippen LogP contribution < -0.4 is 5.73 Å². The van der Waals surface area contributed by atoms with Crippen molar-refractivity contribution in [1.82, 2.24) is 14.8 Å². The van der Waals surface area contributed by atoms with Crippen LogP contribution in [0.15, 0.2) is 17.5 Å². The quantitative estimate of drug-likeness (QED) is 0.938. The summed E-state index contributed by atoms with van der Waals surface area (Å²) >= 11 is 1.69. The Labute approximate surface area is 117 Å². The Kier molecular flexibility index (Phi) is 3.66. The van der Waals surface area contributed by atoms with Crippen molar-refractivity contribution in [1.29, 1.82) is 0 Å². The maximum atomic E-state index is 5.93. The van der Waals surface area contributed by atoms with Crippen LogP contribution in [0.3, 0.4) is 0 Å². The molecule has 1 aliphatic rings. The van der Waals surface area contributed by atoms with Crippen molar-refractivity contribution >= 4 is 11.3 Å². The van der Waals surface area contributed by atoms with Gasteiger partial charge in [0.1, 0.15) is 5.82 Å². The van der Waals surface area contributed by atoms with Crippen LogP contribution in [0.5, 0.6) is 0 Å². The second-order valence-electron chi connectivity index (χ2n) is 5.28. The van der Waals surface area contributed by atoms with E-state index in [1.807, 2.05) is 17.8 Å². The molecule has 5 heteroatoms. The van der Waals surface area contributed by atoms with E-state index in [0.717, 1.165) is 23.1 Å². The van der Waals surface area contributed by atoms with E-state index in [4.69, 9.17) is 10.7 Å². The van der Waals surface area contributed by atoms with Crippen molar-refractivity contribution in [2.45, 2.75) is 31.6 Å². The predicted octanol–water partition coefficient (Wildman–Crippen LogP) is 2.78. The molecular weight excluding hydrogens is 256 g/mol. The van der Waals surface area contributed by atoms with Crippen molar-refractivity contribution in [3.05, 3.63) is 23.3 Å². The fraction of sp³-hybridized carbons (Fsp3) is 0.571. The summed E-state index contributed by atoms with van der Waals surface area (Å²) in [4.78, 5) is 5.92. The van der Waals surface area contributed by atoms with E-state index in [-0.39, 0.29) is 0 Å². The molecule has 2 heterocycles. The van der Waals surface area contributed by atoms with E-state index < -0.39 is 0 Å². The Morgan fingerprint density at radius 3 is 3.00 bits per heavy atom. The number of hydrogen-bond acceptors (Lipinski definition) is 4. The number of hydrogen-bond donors (Lipinski definition) is 1. The lowest BCUT2D eigenvalue weighted by atomic mass is 9.79. The summed E-state index contributed by atoms with van der Waals surface area (Å²) in [5.41, 5.74) is 5.93. The van der Waals surface area contributed by atoms with Gasteiger partial charge >= 0.3 is 0 Å². The molecule has 0 bridgehead atoms. The largest absolute Gasteiger partial charge is 0.330 e. The summed E-state index contributed by atoms with van der Waals surface area (Å²) in [7, 11) is 2.00. The maximum Gasteiger partial charge on any atom is 0.191 e. The number of aromatic nitrogens is 3. The van der Waals surface area contributed by atoms with Crippen LogP contribution in [0.1, 0.15) is 37.4 Å². The zero-order valence-corrected chi connectivity index (χ0v) is 12.1. The highest BCUT2D eigenvalue weighted by atomic mass is 32.1. The summed E-state index contributed by atoms with van der Waals surface area (Å²) in [5, 5.41) is 6.64. The van der Waals surface area contributed by atoms with Gasteiger partial charge in [0.05, 0.1) is 4.88 Å². The lowest BCUT2D eigenvalue weighted by Crippen LogP contribution is -2.27. The fourth-order valence-corrected chi connectivity index (χ4v) is 3.71. The molecule has 0 spiro atoms. The van der Waals surface area contributed by atoms with Crippen molar-refractivity contribution in [2.24, 2.45) is 18.7 Å². The molecule has 4 nitrogen and oxygen atoms in total. The van der Waals surface area contributed by atoms with Crippen molar-refractivity contribution in [3.63, 3.8) is 0 Å². The topological polar surface area (TPSA) is 56.7 Å². The molecule has 0 saturated heterocycles. The molecule has 0 radical (unpaired) electrons. The molecule has 3 rings (SSSR count). The van der Waals surface area contributed by atoms with E-state index >= 15 is 0 Å². The second-order valence-corrected chi connectivity index (χ2v) is 6.23. The van der Waals surface area contributed by atoms with Gasteiger partial charge in [0.2, 0.25) is 0 Å². The van der Waals surface area contributed by atoms with Crippen LogP contribution in [0.2, 0.25) is 0 Å². The lowest BCUT2D eigenvalue weighted by Gasteiger charge is -2.29. The first-order valence-electron chi connectivity index (χ1n) is 6.94. The summed E-state index contributed by atoms with van der Waals surface area (Å²) in [5.74, 6) is 3.00. The molecule has 1 fully saturated rings. The first-order valence-corrected chi connectivity index (χ1v) is 7.82. The normalized spacial score (nSPS) is 23.7. The molecule has 1 saturated carbocycles. The zero-order chi connectivity index (χ0) is 13.2. The van der Waals surface area contributed by atoms with Gasteiger partial charge in [-0.3, -0.25) is 4.68 Å². The highest BCUT2D eigenvalue weighted by Crippen LogP contribution is 2.37. The van der Waals surface area contributed by atoms with Gasteiger partial charge in [0, 0.05) is 13.0 Å². The molecule has 0 aromatic carbocycles. The third-order valence-corrected chi connectivity index (χ3v) is 4.95. The molecule has 2 atom stereocenters. The Balaban J connectivity index is 1.92. The Hall–Kier alpha value is -1.20. The van der Waals surface area contributed by atoms with Crippen molar-refractivity contribution < 1.29 is 0 Å². The number of aryl methyl sites for hydroxylation is 1. The van der Waals surface area contributed by atoms with Crippen molar-refractivity contribution in [3.8, 4) is 10.7 Å². The third kappa shape index (κ3) is 2.44. The number of nitrogens with zero attached hydrogens (tertiary/aromatic N) is 3. The predicted molar refractivity (Wildman–Crippen MR) is 78.1 cm³/mol. The number of thiophene rings is 1. The van der Waals surface area contributed by atoms with Crippen LogP contribution in [-0.2, 0) is 7.05 Å². The van der Waals surface area contributed by atoms with Gasteiger partial charge in [-0.2, -0.15) is 5.10 Å². The minimum atomic E-state index is 0.477. The summed E-state index contributed by atoms with van der Waals surface area (Å²) in [6.45, 7) is 0.756. The Morgan fingerprint density at radius 2 is 2.26 bits per heavy atom. The minimum absolute atomic E-state index is 0.477. The maximum absolute atomic E-state index is 5.93. The average molecular weight is 276 g/mol. The molecule has 0 aliphatic heterocycles. The molecule has 19 heavy (non-hydrogen) atoms. The first-order chi connectivity index (χ1) is 9.29. The Bertz CT molecular complexity index is 532. The molecular formula is C14H20N4S. The summed E-state index contributed by atoms with van der Waals surface area (Å²) < 4.78 is 1.95. The Morgan fingerprint density at radius 1 is 1.42 bits per heavy atom. The lowest BCUT2D eigenvalue weighted by molar-refractivity contribution is 0.298. The molecule has 2 unspecified atom stereocenters. The van der Waals surface area contributed by atoms with E-state index in [1.165, 1.54) is 25.7 Å².